The Morgan fingerprint density at radius 2 is 2.05 bits per heavy atom. The van der Waals surface area contributed by atoms with Crippen LogP contribution in [-0.4, -0.2) is 15.5 Å². The fourth-order valence-electron chi connectivity index (χ4n) is 2.23. The van der Waals surface area contributed by atoms with Crippen LogP contribution in [0.15, 0.2) is 22.3 Å². The smallest absolute Gasteiger partial charge is 0.342 e. The SMILES string of the molecule is Cc1csc2c(C(=O)O)c(=O)c3c(F)c(F)ccc3n12. The average Bonchev–Trinajstić information content (AvgIpc) is 2.75. The van der Waals surface area contributed by atoms with E-state index in [0.717, 1.165) is 17.4 Å². The highest BCUT2D eigenvalue weighted by Crippen LogP contribution is 2.26. The molecule has 0 atom stereocenters. The van der Waals surface area contributed by atoms with Gasteiger partial charge in [-0.3, -0.25) is 4.79 Å². The highest BCUT2D eigenvalue weighted by Gasteiger charge is 2.23. The molecule has 0 saturated heterocycles. The Kier molecular flexibility index (Phi) is 2.62. The first-order valence-electron chi connectivity index (χ1n) is 5.57. The maximum atomic E-state index is 13.9. The summed E-state index contributed by atoms with van der Waals surface area (Å²) in [6.45, 7) is 1.69. The van der Waals surface area contributed by atoms with Crippen molar-refractivity contribution in [1.82, 2.24) is 4.40 Å². The summed E-state index contributed by atoms with van der Waals surface area (Å²) in [4.78, 5) is 23.6. The van der Waals surface area contributed by atoms with Crippen LogP contribution in [0.2, 0.25) is 0 Å². The number of thiazole rings is 1. The Labute approximate surface area is 114 Å². The average molecular weight is 295 g/mol. The number of fused-ring (bicyclic) bond motifs is 3. The zero-order chi connectivity index (χ0) is 14.6. The quantitative estimate of drug-likeness (QED) is 0.751. The van der Waals surface area contributed by atoms with Gasteiger partial charge in [-0.15, -0.1) is 11.3 Å². The molecule has 4 nitrogen and oxygen atoms in total. The third kappa shape index (κ3) is 1.50. The second-order valence-electron chi connectivity index (χ2n) is 4.28. The van der Waals surface area contributed by atoms with Crippen molar-refractivity contribution in [2.45, 2.75) is 6.92 Å². The predicted molar refractivity (Wildman–Crippen MR) is 70.7 cm³/mol. The molecule has 0 aliphatic heterocycles. The number of aryl methyl sites for hydroxylation is 1. The number of aromatic nitrogens is 1. The van der Waals surface area contributed by atoms with Crippen LogP contribution in [0.5, 0.6) is 0 Å². The molecule has 20 heavy (non-hydrogen) atoms. The second-order valence-corrected chi connectivity index (χ2v) is 5.14. The number of benzene rings is 1. The van der Waals surface area contributed by atoms with Crippen LogP contribution >= 0.6 is 11.3 Å². The molecule has 0 saturated carbocycles. The summed E-state index contributed by atoms with van der Waals surface area (Å²) in [7, 11) is 0. The molecule has 102 valence electrons. The topological polar surface area (TPSA) is 58.8 Å². The Balaban J connectivity index is 2.76. The normalized spacial score (nSPS) is 11.3. The lowest BCUT2D eigenvalue weighted by Gasteiger charge is -2.07. The van der Waals surface area contributed by atoms with E-state index < -0.39 is 34.0 Å². The van der Waals surface area contributed by atoms with E-state index in [4.69, 9.17) is 5.11 Å². The standard InChI is InChI=1S/C13H7F2NO3S/c1-5-4-20-12-9(13(18)19)11(17)8-7(16(5)12)3-2-6(14)10(8)15/h2-4H,1H3,(H,18,19). The minimum absolute atomic E-state index is 0.160. The lowest BCUT2D eigenvalue weighted by Crippen LogP contribution is -2.19. The van der Waals surface area contributed by atoms with Gasteiger partial charge in [-0.1, -0.05) is 0 Å². The van der Waals surface area contributed by atoms with Crippen molar-refractivity contribution in [2.24, 2.45) is 0 Å². The van der Waals surface area contributed by atoms with Crippen LogP contribution in [0.25, 0.3) is 15.7 Å². The molecule has 0 spiro atoms. The molecule has 1 N–H and O–H groups in total. The van der Waals surface area contributed by atoms with E-state index in [1.807, 2.05) is 0 Å². The second kappa shape index (κ2) is 4.11. The molecule has 0 bridgehead atoms. The molecule has 2 aromatic heterocycles. The molecule has 3 rings (SSSR count). The Bertz CT molecular complexity index is 942. The van der Waals surface area contributed by atoms with Crippen LogP contribution in [0, 0.1) is 18.6 Å². The molecule has 0 unspecified atom stereocenters. The van der Waals surface area contributed by atoms with Gasteiger partial charge in [0, 0.05) is 11.1 Å². The lowest BCUT2D eigenvalue weighted by molar-refractivity contribution is 0.0697. The number of aromatic carboxylic acids is 1. The molecule has 3 aromatic rings. The van der Waals surface area contributed by atoms with Crippen molar-refractivity contribution in [1.29, 1.82) is 0 Å². The largest absolute Gasteiger partial charge is 0.477 e. The molecule has 0 amide bonds. The fourth-order valence-corrected chi connectivity index (χ4v) is 3.26. The molecular formula is C13H7F2NO3S. The first-order valence-corrected chi connectivity index (χ1v) is 6.45. The number of nitrogens with zero attached hydrogens (tertiary/aromatic N) is 1. The number of carbonyl (C=O) groups is 1. The van der Waals surface area contributed by atoms with Crippen LogP contribution in [0.3, 0.4) is 0 Å². The highest BCUT2D eigenvalue weighted by molar-refractivity contribution is 7.16. The van der Waals surface area contributed by atoms with Crippen LogP contribution in [0.1, 0.15) is 16.1 Å². The van der Waals surface area contributed by atoms with Gasteiger partial charge in [-0.2, -0.15) is 0 Å². The maximum absolute atomic E-state index is 13.9. The molecule has 1 aromatic carbocycles. The van der Waals surface area contributed by atoms with E-state index in [0.29, 0.717) is 5.69 Å². The van der Waals surface area contributed by atoms with Crippen LogP contribution in [0.4, 0.5) is 8.78 Å². The maximum Gasteiger partial charge on any atom is 0.342 e. The molecule has 0 fully saturated rings. The Morgan fingerprint density at radius 1 is 1.35 bits per heavy atom. The van der Waals surface area contributed by atoms with E-state index in [1.165, 1.54) is 10.5 Å². The lowest BCUT2D eigenvalue weighted by atomic mass is 10.1. The van der Waals surface area contributed by atoms with Crippen molar-refractivity contribution in [3.8, 4) is 0 Å². The number of halogens is 2. The van der Waals surface area contributed by atoms with Gasteiger partial charge in [0.05, 0.1) is 10.9 Å². The summed E-state index contributed by atoms with van der Waals surface area (Å²) in [5.41, 5.74) is -0.748. The van der Waals surface area contributed by atoms with Gasteiger partial charge in [0.25, 0.3) is 0 Å². The number of pyridine rings is 1. The summed E-state index contributed by atoms with van der Waals surface area (Å²) in [5, 5.41) is 10.3. The first-order chi connectivity index (χ1) is 9.43. The Hall–Kier alpha value is -2.28. The van der Waals surface area contributed by atoms with Gasteiger partial charge in [0.1, 0.15) is 10.4 Å². The van der Waals surface area contributed by atoms with Crippen molar-refractivity contribution in [3.63, 3.8) is 0 Å². The minimum atomic E-state index is -1.46. The van der Waals surface area contributed by atoms with Gasteiger partial charge in [0.2, 0.25) is 5.43 Å². The molecule has 7 heteroatoms. The summed E-state index contributed by atoms with van der Waals surface area (Å²) < 4.78 is 28.7. The van der Waals surface area contributed by atoms with Crippen molar-refractivity contribution in [3.05, 3.63) is 50.6 Å². The van der Waals surface area contributed by atoms with Crippen molar-refractivity contribution >= 4 is 33.0 Å². The summed E-state index contributed by atoms with van der Waals surface area (Å²) >= 11 is 1.07. The highest BCUT2D eigenvalue weighted by atomic mass is 32.1. The summed E-state index contributed by atoms with van der Waals surface area (Å²) in [6, 6.07) is 2.19. The van der Waals surface area contributed by atoms with Gasteiger partial charge < -0.3 is 9.51 Å². The summed E-state index contributed by atoms with van der Waals surface area (Å²) in [5.74, 6) is -3.96. The monoisotopic (exact) mass is 295 g/mol. The molecular weight excluding hydrogens is 288 g/mol. The van der Waals surface area contributed by atoms with E-state index in [9.17, 15) is 18.4 Å². The van der Waals surface area contributed by atoms with Gasteiger partial charge >= 0.3 is 5.97 Å². The van der Waals surface area contributed by atoms with E-state index in [1.54, 1.807) is 12.3 Å². The molecule has 0 aliphatic carbocycles. The third-order valence-electron chi connectivity index (χ3n) is 3.09. The molecule has 0 radical (unpaired) electrons. The fraction of sp³-hybridized carbons (Fsp3) is 0.0769. The predicted octanol–water partition coefficient (Wildman–Crippen LogP) is 2.80. The van der Waals surface area contributed by atoms with Crippen LogP contribution < -0.4 is 5.43 Å². The number of hydrogen-bond donors (Lipinski definition) is 1. The molecule has 0 aliphatic rings. The Morgan fingerprint density at radius 3 is 2.70 bits per heavy atom. The van der Waals surface area contributed by atoms with Gasteiger partial charge in [0.15, 0.2) is 11.6 Å². The number of carboxylic acid groups (broad SMARTS) is 1. The summed E-state index contributed by atoms with van der Waals surface area (Å²) in [6.07, 6.45) is 0. The van der Waals surface area contributed by atoms with Crippen LogP contribution in [-0.2, 0) is 0 Å². The number of hydrogen-bond acceptors (Lipinski definition) is 3. The van der Waals surface area contributed by atoms with E-state index in [2.05, 4.69) is 0 Å². The zero-order valence-electron chi connectivity index (χ0n) is 10.1. The van der Waals surface area contributed by atoms with Crippen molar-refractivity contribution < 1.29 is 18.7 Å². The van der Waals surface area contributed by atoms with E-state index >= 15 is 0 Å². The molecule has 2 heterocycles. The van der Waals surface area contributed by atoms with Gasteiger partial charge in [-0.05, 0) is 19.1 Å². The van der Waals surface area contributed by atoms with Crippen molar-refractivity contribution in [2.75, 3.05) is 0 Å². The first kappa shape index (κ1) is 12.7. The van der Waals surface area contributed by atoms with Gasteiger partial charge in [-0.25, -0.2) is 13.6 Å². The zero-order valence-corrected chi connectivity index (χ0v) is 10.9. The van der Waals surface area contributed by atoms with E-state index in [-0.39, 0.29) is 10.3 Å². The number of carboxylic acids is 1. The third-order valence-corrected chi connectivity index (χ3v) is 4.16. The minimum Gasteiger partial charge on any atom is -0.477 e. The number of rotatable bonds is 1.